The van der Waals surface area contributed by atoms with Gasteiger partial charge in [0.05, 0.1) is 5.69 Å². The average Bonchev–Trinajstić information content (AvgIpc) is 2.38. The summed E-state index contributed by atoms with van der Waals surface area (Å²) in [7, 11) is 0. The molecule has 1 aromatic rings. The van der Waals surface area contributed by atoms with Crippen LogP contribution < -0.4 is 10.6 Å². The van der Waals surface area contributed by atoms with Crippen LogP contribution in [-0.4, -0.2) is 23.1 Å². The van der Waals surface area contributed by atoms with Crippen molar-refractivity contribution in [3.05, 3.63) is 24.0 Å². The number of piperidine rings is 1. The van der Waals surface area contributed by atoms with E-state index in [1.54, 1.807) is 6.20 Å². The van der Waals surface area contributed by atoms with E-state index in [4.69, 9.17) is 18.0 Å². The normalized spacial score (nSPS) is 17.5. The minimum Gasteiger partial charge on any atom is -0.388 e. The Labute approximate surface area is 121 Å². The highest BCUT2D eigenvalue weighted by atomic mass is 32.1. The molecule has 0 atom stereocenters. The minimum atomic E-state index is 0.367. The molecule has 0 bridgehead atoms. The molecule has 0 aromatic carbocycles. The first-order valence-electron chi connectivity index (χ1n) is 6.89. The van der Waals surface area contributed by atoms with Gasteiger partial charge in [-0.25, -0.2) is 0 Å². The first-order chi connectivity index (χ1) is 8.88. The Bertz CT molecular complexity index is 457. The van der Waals surface area contributed by atoms with Gasteiger partial charge in [-0.1, -0.05) is 33.0 Å². The third-order valence-electron chi connectivity index (χ3n) is 4.08. The Morgan fingerprint density at radius 2 is 2.00 bits per heavy atom. The third-order valence-corrected chi connectivity index (χ3v) is 4.29. The van der Waals surface area contributed by atoms with Crippen LogP contribution in [0.25, 0.3) is 0 Å². The third kappa shape index (κ3) is 3.44. The molecule has 2 heterocycles. The van der Waals surface area contributed by atoms with E-state index < -0.39 is 0 Å². The SMILES string of the molecule is CC(C)(C)C1CCN(c2ccnc(C(N)=S)c2)CC1. The summed E-state index contributed by atoms with van der Waals surface area (Å²) < 4.78 is 0. The van der Waals surface area contributed by atoms with Crippen LogP contribution in [0.3, 0.4) is 0 Å². The second-order valence-electron chi connectivity index (χ2n) is 6.39. The van der Waals surface area contributed by atoms with E-state index in [0.717, 1.165) is 19.0 Å². The average molecular weight is 277 g/mol. The van der Waals surface area contributed by atoms with E-state index in [2.05, 4.69) is 30.7 Å². The zero-order valence-corrected chi connectivity index (χ0v) is 12.8. The molecule has 1 aliphatic rings. The molecule has 3 nitrogen and oxygen atoms in total. The maximum atomic E-state index is 5.64. The van der Waals surface area contributed by atoms with Crippen molar-refractivity contribution in [2.45, 2.75) is 33.6 Å². The van der Waals surface area contributed by atoms with Crippen molar-refractivity contribution >= 4 is 22.9 Å². The maximum absolute atomic E-state index is 5.64. The predicted octanol–water partition coefficient (Wildman–Crippen LogP) is 2.98. The van der Waals surface area contributed by atoms with Gasteiger partial charge in [0.2, 0.25) is 0 Å². The van der Waals surface area contributed by atoms with Crippen LogP contribution in [0.1, 0.15) is 39.3 Å². The summed E-state index contributed by atoms with van der Waals surface area (Å²) >= 11 is 4.99. The van der Waals surface area contributed by atoms with Crippen LogP contribution in [0, 0.1) is 11.3 Å². The fourth-order valence-corrected chi connectivity index (χ4v) is 2.87. The number of aromatic nitrogens is 1. The Kier molecular flexibility index (Phi) is 4.09. The molecule has 0 amide bonds. The predicted molar refractivity (Wildman–Crippen MR) is 84.5 cm³/mol. The highest BCUT2D eigenvalue weighted by molar-refractivity contribution is 7.80. The summed E-state index contributed by atoms with van der Waals surface area (Å²) in [6, 6.07) is 4.04. The number of nitrogens with zero attached hydrogens (tertiary/aromatic N) is 2. The second-order valence-corrected chi connectivity index (χ2v) is 6.83. The van der Waals surface area contributed by atoms with Crippen LogP contribution in [0.4, 0.5) is 5.69 Å². The van der Waals surface area contributed by atoms with Crippen LogP contribution in [0.5, 0.6) is 0 Å². The molecule has 0 aliphatic carbocycles. The number of thiocarbonyl (C=S) groups is 1. The molecule has 0 unspecified atom stereocenters. The summed E-state index contributed by atoms with van der Waals surface area (Å²) in [6.45, 7) is 9.21. The molecular formula is C15H23N3S. The quantitative estimate of drug-likeness (QED) is 0.844. The van der Waals surface area contributed by atoms with Crippen LogP contribution >= 0.6 is 12.2 Å². The van der Waals surface area contributed by atoms with Gasteiger partial charge in [0.1, 0.15) is 4.99 Å². The molecule has 2 N–H and O–H groups in total. The van der Waals surface area contributed by atoms with Gasteiger partial charge in [-0.05, 0) is 36.3 Å². The van der Waals surface area contributed by atoms with E-state index in [-0.39, 0.29) is 0 Å². The number of pyridine rings is 1. The number of nitrogens with two attached hydrogens (primary N) is 1. The lowest BCUT2D eigenvalue weighted by atomic mass is 9.75. The zero-order valence-electron chi connectivity index (χ0n) is 12.0. The Morgan fingerprint density at radius 3 is 2.53 bits per heavy atom. The van der Waals surface area contributed by atoms with E-state index >= 15 is 0 Å². The monoisotopic (exact) mass is 277 g/mol. The van der Waals surface area contributed by atoms with Crippen molar-refractivity contribution in [2.75, 3.05) is 18.0 Å². The van der Waals surface area contributed by atoms with Crippen LogP contribution in [0.2, 0.25) is 0 Å². The zero-order chi connectivity index (χ0) is 14.0. The van der Waals surface area contributed by atoms with Crippen LogP contribution in [0.15, 0.2) is 18.3 Å². The molecule has 2 rings (SSSR count). The summed E-state index contributed by atoms with van der Waals surface area (Å²) in [6.07, 6.45) is 4.28. The number of rotatable bonds is 2. The van der Waals surface area contributed by atoms with Gasteiger partial charge < -0.3 is 10.6 Å². The fourth-order valence-electron chi connectivity index (χ4n) is 2.75. The smallest absolute Gasteiger partial charge is 0.122 e. The van der Waals surface area contributed by atoms with Crippen molar-refractivity contribution in [1.29, 1.82) is 0 Å². The van der Waals surface area contributed by atoms with Gasteiger partial charge in [-0.3, -0.25) is 4.98 Å². The van der Waals surface area contributed by atoms with Crippen molar-refractivity contribution in [3.8, 4) is 0 Å². The standard InChI is InChI=1S/C15H23N3S/c1-15(2,3)11-5-8-18(9-6-11)12-4-7-17-13(10-12)14(16)19/h4,7,10-11H,5-6,8-9H2,1-3H3,(H2,16,19). The van der Waals surface area contributed by atoms with Gasteiger partial charge in [-0.15, -0.1) is 0 Å². The number of hydrogen-bond donors (Lipinski definition) is 1. The van der Waals surface area contributed by atoms with Crippen molar-refractivity contribution in [3.63, 3.8) is 0 Å². The van der Waals surface area contributed by atoms with E-state index in [0.29, 0.717) is 16.1 Å². The van der Waals surface area contributed by atoms with Crippen molar-refractivity contribution in [2.24, 2.45) is 17.1 Å². The lowest BCUT2D eigenvalue weighted by molar-refractivity contribution is 0.199. The van der Waals surface area contributed by atoms with Gasteiger partial charge in [0.15, 0.2) is 0 Å². The molecule has 1 saturated heterocycles. The molecule has 104 valence electrons. The largest absolute Gasteiger partial charge is 0.388 e. The molecule has 1 aromatic heterocycles. The molecule has 0 radical (unpaired) electrons. The molecule has 1 fully saturated rings. The molecule has 1 aliphatic heterocycles. The molecule has 4 heteroatoms. The Morgan fingerprint density at radius 1 is 1.37 bits per heavy atom. The summed E-state index contributed by atoms with van der Waals surface area (Å²) in [5, 5.41) is 0. The number of hydrogen-bond acceptors (Lipinski definition) is 3. The Balaban J connectivity index is 2.05. The molecule has 19 heavy (non-hydrogen) atoms. The van der Waals surface area contributed by atoms with Gasteiger partial charge in [-0.2, -0.15) is 0 Å². The molecular weight excluding hydrogens is 254 g/mol. The van der Waals surface area contributed by atoms with Crippen LogP contribution in [-0.2, 0) is 0 Å². The summed E-state index contributed by atoms with van der Waals surface area (Å²) in [4.78, 5) is 6.97. The minimum absolute atomic E-state index is 0.367. The van der Waals surface area contributed by atoms with Gasteiger partial charge >= 0.3 is 0 Å². The molecule has 0 saturated carbocycles. The van der Waals surface area contributed by atoms with E-state index in [9.17, 15) is 0 Å². The van der Waals surface area contributed by atoms with Gasteiger partial charge in [0, 0.05) is 25.0 Å². The first-order valence-corrected chi connectivity index (χ1v) is 7.29. The second kappa shape index (κ2) is 5.45. The lowest BCUT2D eigenvalue weighted by Gasteiger charge is -2.39. The number of anilines is 1. The van der Waals surface area contributed by atoms with Crippen molar-refractivity contribution < 1.29 is 0 Å². The van der Waals surface area contributed by atoms with E-state index in [1.165, 1.54) is 18.5 Å². The highest BCUT2D eigenvalue weighted by Crippen LogP contribution is 2.35. The summed E-state index contributed by atoms with van der Waals surface area (Å²) in [5.41, 5.74) is 7.95. The topological polar surface area (TPSA) is 42.2 Å². The van der Waals surface area contributed by atoms with Crippen molar-refractivity contribution in [1.82, 2.24) is 4.98 Å². The maximum Gasteiger partial charge on any atom is 0.122 e. The highest BCUT2D eigenvalue weighted by Gasteiger charge is 2.28. The Hall–Kier alpha value is -1.16. The molecule has 0 spiro atoms. The van der Waals surface area contributed by atoms with E-state index in [1.807, 2.05) is 12.1 Å². The lowest BCUT2D eigenvalue weighted by Crippen LogP contribution is -2.38. The fraction of sp³-hybridized carbons (Fsp3) is 0.600. The first kappa shape index (κ1) is 14.3. The van der Waals surface area contributed by atoms with Gasteiger partial charge in [0.25, 0.3) is 0 Å². The summed E-state index contributed by atoms with van der Waals surface area (Å²) in [5.74, 6) is 0.806.